The predicted octanol–water partition coefficient (Wildman–Crippen LogP) is 5.94. The fourth-order valence-corrected chi connectivity index (χ4v) is 5.10. The lowest BCUT2D eigenvalue weighted by atomic mass is 10.0. The average Bonchev–Trinajstić information content (AvgIpc) is 3.22. The predicted molar refractivity (Wildman–Crippen MR) is 129 cm³/mol. The first-order valence-corrected chi connectivity index (χ1v) is 12.2. The van der Waals surface area contributed by atoms with E-state index in [1.54, 1.807) is 41.7 Å². The zero-order chi connectivity index (χ0) is 21.8. The average molecular weight is 452 g/mol. The zero-order valence-electron chi connectivity index (χ0n) is 17.8. The minimum atomic E-state index is -0.102. The summed E-state index contributed by atoms with van der Waals surface area (Å²) in [5.74, 6) is 1.34. The lowest BCUT2D eigenvalue weighted by Crippen LogP contribution is -2.13. The van der Waals surface area contributed by atoms with Crippen molar-refractivity contribution in [1.29, 1.82) is 0 Å². The lowest BCUT2D eigenvalue weighted by Gasteiger charge is -2.09. The van der Waals surface area contributed by atoms with E-state index in [9.17, 15) is 4.79 Å². The van der Waals surface area contributed by atoms with E-state index in [1.807, 2.05) is 0 Å². The molecule has 1 N–H and O–H groups in total. The molecule has 0 fully saturated rings. The van der Waals surface area contributed by atoms with Gasteiger partial charge >= 0.3 is 0 Å². The van der Waals surface area contributed by atoms with Crippen molar-refractivity contribution in [3.8, 4) is 16.9 Å². The van der Waals surface area contributed by atoms with E-state index in [0.717, 1.165) is 32.9 Å². The second-order valence-electron chi connectivity index (χ2n) is 7.74. The highest BCUT2D eigenvalue weighted by Crippen LogP contribution is 2.38. The largest absolute Gasteiger partial charge is 0.488 e. The Bertz CT molecular complexity index is 1230. The van der Waals surface area contributed by atoms with Crippen LogP contribution >= 0.6 is 23.1 Å². The van der Waals surface area contributed by atoms with Gasteiger partial charge in [-0.1, -0.05) is 56.8 Å². The molecule has 31 heavy (non-hydrogen) atoms. The summed E-state index contributed by atoms with van der Waals surface area (Å²) < 4.78 is 5.57. The number of aromatic amines is 1. The summed E-state index contributed by atoms with van der Waals surface area (Å²) in [6.45, 7) is 6.79. The third-order valence-corrected chi connectivity index (χ3v) is 6.81. The van der Waals surface area contributed by atoms with Gasteiger partial charge < -0.3 is 9.72 Å². The molecule has 7 heteroatoms. The van der Waals surface area contributed by atoms with Crippen molar-refractivity contribution in [3.05, 3.63) is 69.7 Å². The van der Waals surface area contributed by atoms with Crippen LogP contribution in [0.1, 0.15) is 32.0 Å². The Morgan fingerprint density at radius 2 is 2.00 bits per heavy atom. The van der Waals surface area contributed by atoms with E-state index in [2.05, 4.69) is 65.4 Å². The molecule has 0 aliphatic heterocycles. The smallest absolute Gasteiger partial charge is 0.223 e. The molecule has 1 aromatic carbocycles. The number of thioether (sulfide) groups is 1. The normalized spacial score (nSPS) is 11.4. The number of fused-ring (bicyclic) bond motifs is 1. The van der Waals surface area contributed by atoms with E-state index in [-0.39, 0.29) is 5.43 Å². The number of H-pyrrole nitrogens is 1. The van der Waals surface area contributed by atoms with Crippen molar-refractivity contribution in [2.24, 2.45) is 5.92 Å². The van der Waals surface area contributed by atoms with E-state index in [1.165, 1.54) is 11.1 Å². The van der Waals surface area contributed by atoms with Gasteiger partial charge in [-0.3, -0.25) is 4.79 Å². The minimum absolute atomic E-state index is 0.102. The number of nitrogens with one attached hydrogen (secondary N) is 1. The maximum Gasteiger partial charge on any atom is 0.223 e. The number of rotatable bonds is 8. The number of thiophene rings is 1. The number of hydrogen-bond donors (Lipinski definition) is 1. The molecule has 0 aliphatic carbocycles. The summed E-state index contributed by atoms with van der Waals surface area (Å²) in [6, 6.07) is 10.3. The molecule has 0 spiro atoms. The second-order valence-corrected chi connectivity index (χ2v) is 9.56. The highest BCUT2D eigenvalue weighted by atomic mass is 32.2. The third-order valence-electron chi connectivity index (χ3n) is 4.88. The molecule has 0 aliphatic rings. The van der Waals surface area contributed by atoms with Crippen LogP contribution in [0.2, 0.25) is 0 Å². The number of hydrogen-bond acceptors (Lipinski definition) is 6. The van der Waals surface area contributed by atoms with Gasteiger partial charge in [0.15, 0.2) is 5.75 Å². The quantitative estimate of drug-likeness (QED) is 0.265. The standard InChI is InChI=1S/C24H25N3O2S2/c1-4-16-5-7-17(8-6-16)19-13-31-24-22(19)23(26-14-27-24)30-12-18-9-20(28)21(10-25-18)29-11-15(2)3/h5-10,13-15H,4,11-12H2,1-3H3,(H,25,28). The Kier molecular flexibility index (Phi) is 6.73. The summed E-state index contributed by atoms with van der Waals surface area (Å²) in [5, 5.41) is 4.13. The number of nitrogens with zero attached hydrogens (tertiary/aromatic N) is 2. The van der Waals surface area contributed by atoms with E-state index in [0.29, 0.717) is 24.0 Å². The Hall–Kier alpha value is -2.64. The molecule has 3 heterocycles. The molecule has 0 amide bonds. The molecule has 0 unspecified atom stereocenters. The number of aromatic nitrogens is 3. The van der Waals surface area contributed by atoms with Crippen LogP contribution in [-0.2, 0) is 12.2 Å². The third kappa shape index (κ3) is 4.99. The van der Waals surface area contributed by atoms with Gasteiger partial charge in [0.1, 0.15) is 16.2 Å². The second kappa shape index (κ2) is 9.66. The Labute approximate surface area is 189 Å². The maximum atomic E-state index is 12.3. The summed E-state index contributed by atoms with van der Waals surface area (Å²) >= 11 is 3.23. The monoisotopic (exact) mass is 451 g/mol. The molecule has 0 radical (unpaired) electrons. The molecule has 0 bridgehead atoms. The highest BCUT2D eigenvalue weighted by molar-refractivity contribution is 7.98. The van der Waals surface area contributed by atoms with Crippen molar-refractivity contribution in [3.63, 3.8) is 0 Å². The molecule has 4 rings (SSSR count). The summed E-state index contributed by atoms with van der Waals surface area (Å²) in [4.78, 5) is 25.5. The van der Waals surface area contributed by atoms with Crippen molar-refractivity contribution in [2.45, 2.75) is 38.0 Å². The highest BCUT2D eigenvalue weighted by Gasteiger charge is 2.14. The molecule has 3 aromatic heterocycles. The fraction of sp³-hybridized carbons (Fsp3) is 0.292. The van der Waals surface area contributed by atoms with Crippen LogP contribution in [0.3, 0.4) is 0 Å². The van der Waals surface area contributed by atoms with Crippen LogP contribution in [0.4, 0.5) is 0 Å². The first kappa shape index (κ1) is 21.6. The molecule has 5 nitrogen and oxygen atoms in total. The molecule has 4 aromatic rings. The number of benzene rings is 1. The van der Waals surface area contributed by atoms with Gasteiger partial charge in [0.2, 0.25) is 5.43 Å². The first-order valence-electron chi connectivity index (χ1n) is 10.3. The summed E-state index contributed by atoms with van der Waals surface area (Å²) in [6.07, 6.45) is 4.28. The summed E-state index contributed by atoms with van der Waals surface area (Å²) in [5.41, 5.74) is 4.37. The topological polar surface area (TPSA) is 67.9 Å². The zero-order valence-corrected chi connectivity index (χ0v) is 19.5. The van der Waals surface area contributed by atoms with Crippen molar-refractivity contribution >= 4 is 33.3 Å². The lowest BCUT2D eigenvalue weighted by molar-refractivity contribution is 0.268. The van der Waals surface area contributed by atoms with Crippen LogP contribution < -0.4 is 10.2 Å². The van der Waals surface area contributed by atoms with Gasteiger partial charge in [0.05, 0.1) is 12.0 Å². The van der Waals surface area contributed by atoms with E-state index >= 15 is 0 Å². The van der Waals surface area contributed by atoms with Crippen LogP contribution in [0.25, 0.3) is 21.3 Å². The SMILES string of the molecule is CCc1ccc(-c2csc3ncnc(SCc4cc(=O)c(OCC(C)C)c[nH]4)c23)cc1. The molecule has 0 atom stereocenters. The number of pyridine rings is 1. The van der Waals surface area contributed by atoms with Gasteiger partial charge in [-0.15, -0.1) is 11.3 Å². The van der Waals surface area contributed by atoms with Gasteiger partial charge in [0, 0.05) is 34.7 Å². The van der Waals surface area contributed by atoms with Crippen LogP contribution in [0.15, 0.2) is 58.1 Å². The van der Waals surface area contributed by atoms with Crippen LogP contribution in [0.5, 0.6) is 5.75 Å². The number of ether oxygens (including phenoxy) is 1. The first-order chi connectivity index (χ1) is 15.0. The van der Waals surface area contributed by atoms with Crippen LogP contribution in [0, 0.1) is 5.92 Å². The molecule has 0 saturated heterocycles. The molecular formula is C24H25N3O2S2. The van der Waals surface area contributed by atoms with Crippen LogP contribution in [-0.4, -0.2) is 21.6 Å². The minimum Gasteiger partial charge on any atom is -0.488 e. The molecule has 0 saturated carbocycles. The Morgan fingerprint density at radius 1 is 1.19 bits per heavy atom. The molecule has 160 valence electrons. The van der Waals surface area contributed by atoms with Gasteiger partial charge in [0.25, 0.3) is 0 Å². The van der Waals surface area contributed by atoms with E-state index < -0.39 is 0 Å². The fourth-order valence-electron chi connectivity index (χ4n) is 3.19. The van der Waals surface area contributed by atoms with Gasteiger partial charge in [-0.05, 0) is 23.5 Å². The van der Waals surface area contributed by atoms with Crippen molar-refractivity contribution < 1.29 is 4.74 Å². The van der Waals surface area contributed by atoms with Gasteiger partial charge in [-0.25, -0.2) is 9.97 Å². The maximum absolute atomic E-state index is 12.3. The van der Waals surface area contributed by atoms with Crippen molar-refractivity contribution in [2.75, 3.05) is 6.61 Å². The van der Waals surface area contributed by atoms with Gasteiger partial charge in [-0.2, -0.15) is 0 Å². The summed E-state index contributed by atoms with van der Waals surface area (Å²) in [7, 11) is 0. The Morgan fingerprint density at radius 3 is 2.71 bits per heavy atom. The molecular weight excluding hydrogens is 426 g/mol. The Balaban J connectivity index is 1.57. The van der Waals surface area contributed by atoms with E-state index in [4.69, 9.17) is 4.74 Å². The number of aryl methyl sites for hydroxylation is 1. The van der Waals surface area contributed by atoms with Crippen molar-refractivity contribution in [1.82, 2.24) is 15.0 Å².